The van der Waals surface area contributed by atoms with Gasteiger partial charge in [0.1, 0.15) is 11.9 Å². The Morgan fingerprint density at radius 2 is 2.36 bits per heavy atom. The lowest BCUT2D eigenvalue weighted by Gasteiger charge is -2.19. The van der Waals surface area contributed by atoms with Gasteiger partial charge in [-0.25, -0.2) is 0 Å². The molecule has 2 atom stereocenters. The van der Waals surface area contributed by atoms with Gasteiger partial charge in [0.05, 0.1) is 6.04 Å². The van der Waals surface area contributed by atoms with Crippen molar-refractivity contribution in [1.82, 2.24) is 10.3 Å². The van der Waals surface area contributed by atoms with Crippen molar-refractivity contribution < 1.29 is 13.9 Å². The number of pyridine rings is 1. The average Bonchev–Trinajstić information content (AvgIpc) is 3.14. The molecule has 0 aromatic carbocycles. The molecule has 116 valence electrons. The molecule has 1 fully saturated rings. The maximum absolute atomic E-state index is 12.5. The number of nitrogens with zero attached hydrogens (tertiary/aromatic N) is 1. The minimum Gasteiger partial charge on any atom is -0.456 e. The van der Waals surface area contributed by atoms with E-state index in [0.717, 1.165) is 29.7 Å². The van der Waals surface area contributed by atoms with Crippen LogP contribution in [0.25, 0.3) is 0 Å². The molecular weight excluding hydrogens is 280 g/mol. The number of nitrogens with one attached hydrogen (secondary N) is 1. The Hall–Kier alpha value is -2.14. The zero-order valence-electron chi connectivity index (χ0n) is 12.8. The van der Waals surface area contributed by atoms with E-state index in [4.69, 9.17) is 9.15 Å². The third-order valence-corrected chi connectivity index (χ3v) is 3.94. The van der Waals surface area contributed by atoms with Gasteiger partial charge in [0.2, 0.25) is 0 Å². The number of aryl methyl sites for hydroxylation is 2. The summed E-state index contributed by atoms with van der Waals surface area (Å²) in [6.07, 6.45) is 4.91. The third kappa shape index (κ3) is 2.90. The summed E-state index contributed by atoms with van der Waals surface area (Å²) in [6, 6.07) is 5.69. The maximum Gasteiger partial charge on any atom is 0.287 e. The van der Waals surface area contributed by atoms with Gasteiger partial charge in [-0.2, -0.15) is 0 Å². The van der Waals surface area contributed by atoms with Crippen molar-refractivity contribution in [2.45, 2.75) is 38.8 Å². The van der Waals surface area contributed by atoms with E-state index in [-0.39, 0.29) is 18.1 Å². The first-order valence-corrected chi connectivity index (χ1v) is 7.60. The molecule has 1 aliphatic heterocycles. The van der Waals surface area contributed by atoms with E-state index in [1.807, 2.05) is 32.0 Å². The molecule has 3 heterocycles. The normalized spacial score (nSPS) is 21.0. The minimum atomic E-state index is -0.179. The van der Waals surface area contributed by atoms with E-state index in [2.05, 4.69) is 10.3 Å². The highest BCUT2D eigenvalue weighted by Gasteiger charge is 2.32. The largest absolute Gasteiger partial charge is 0.456 e. The van der Waals surface area contributed by atoms with Gasteiger partial charge in [0.15, 0.2) is 5.76 Å². The molecule has 0 spiro atoms. The third-order valence-electron chi connectivity index (χ3n) is 3.94. The van der Waals surface area contributed by atoms with Crippen LogP contribution in [-0.4, -0.2) is 23.5 Å². The molecule has 5 nitrogen and oxygen atoms in total. The molecule has 3 rings (SSSR count). The number of hydrogen-bond donors (Lipinski definition) is 1. The summed E-state index contributed by atoms with van der Waals surface area (Å²) < 4.78 is 11.4. The molecule has 22 heavy (non-hydrogen) atoms. The first kappa shape index (κ1) is 14.8. The topological polar surface area (TPSA) is 64.4 Å². The van der Waals surface area contributed by atoms with Crippen LogP contribution in [0.15, 0.2) is 35.0 Å². The Bertz CT molecular complexity index is 651. The van der Waals surface area contributed by atoms with Crippen molar-refractivity contribution >= 4 is 5.91 Å². The van der Waals surface area contributed by atoms with Crippen molar-refractivity contribution in [3.05, 3.63) is 53.2 Å². The predicted octanol–water partition coefficient (Wildman–Crippen LogP) is 2.81. The second-order valence-electron chi connectivity index (χ2n) is 5.52. The Labute approximate surface area is 129 Å². The summed E-state index contributed by atoms with van der Waals surface area (Å²) in [7, 11) is 0. The molecule has 5 heteroatoms. The van der Waals surface area contributed by atoms with Crippen LogP contribution in [0.5, 0.6) is 0 Å². The number of furan rings is 1. The number of ether oxygens (including phenoxy) is 1. The van der Waals surface area contributed by atoms with Crippen LogP contribution in [0.3, 0.4) is 0 Å². The lowest BCUT2D eigenvalue weighted by atomic mass is 10.0. The molecule has 2 aromatic heterocycles. The van der Waals surface area contributed by atoms with E-state index >= 15 is 0 Å². The molecule has 0 saturated carbocycles. The highest BCUT2D eigenvalue weighted by molar-refractivity contribution is 5.93. The SMILES string of the molecule is CCc1cc(C)c(C(=O)N[C@H]2CCO[C@@H]2c2cccnc2)o1. The van der Waals surface area contributed by atoms with Crippen LogP contribution in [0.1, 0.15) is 46.9 Å². The van der Waals surface area contributed by atoms with E-state index in [0.29, 0.717) is 12.4 Å². The summed E-state index contributed by atoms with van der Waals surface area (Å²) in [6.45, 7) is 4.52. The lowest BCUT2D eigenvalue weighted by molar-refractivity contribution is 0.0799. The predicted molar refractivity (Wildman–Crippen MR) is 81.6 cm³/mol. The van der Waals surface area contributed by atoms with Crippen LogP contribution >= 0.6 is 0 Å². The smallest absolute Gasteiger partial charge is 0.287 e. The van der Waals surface area contributed by atoms with Crippen molar-refractivity contribution in [1.29, 1.82) is 0 Å². The van der Waals surface area contributed by atoms with Crippen LogP contribution in [0, 0.1) is 6.92 Å². The quantitative estimate of drug-likeness (QED) is 0.943. The zero-order chi connectivity index (χ0) is 15.5. The molecule has 2 aromatic rings. The van der Waals surface area contributed by atoms with Gasteiger partial charge in [-0.05, 0) is 25.5 Å². The second-order valence-corrected chi connectivity index (χ2v) is 5.52. The van der Waals surface area contributed by atoms with Crippen LogP contribution in [0.2, 0.25) is 0 Å². The Morgan fingerprint density at radius 1 is 1.50 bits per heavy atom. The fourth-order valence-electron chi connectivity index (χ4n) is 2.79. The van der Waals surface area contributed by atoms with Crippen molar-refractivity contribution in [3.8, 4) is 0 Å². The van der Waals surface area contributed by atoms with E-state index < -0.39 is 0 Å². The fraction of sp³-hybridized carbons (Fsp3) is 0.412. The van der Waals surface area contributed by atoms with Crippen LogP contribution in [0.4, 0.5) is 0 Å². The highest BCUT2D eigenvalue weighted by Crippen LogP contribution is 2.29. The van der Waals surface area contributed by atoms with Crippen LogP contribution in [-0.2, 0) is 11.2 Å². The molecule has 1 saturated heterocycles. The standard InChI is InChI=1S/C17H20N2O3/c1-3-13-9-11(2)15(22-13)17(20)19-14-6-8-21-16(14)12-5-4-7-18-10-12/h4-5,7,9-10,14,16H,3,6,8H2,1-2H3,(H,19,20)/t14-,16+/m0/s1. The second kappa shape index (κ2) is 6.32. The summed E-state index contributed by atoms with van der Waals surface area (Å²) in [5.41, 5.74) is 1.85. The van der Waals surface area contributed by atoms with Gasteiger partial charge in [-0.1, -0.05) is 13.0 Å². The summed E-state index contributed by atoms with van der Waals surface area (Å²) >= 11 is 0. The number of amides is 1. The van der Waals surface area contributed by atoms with Gasteiger partial charge in [-0.3, -0.25) is 9.78 Å². The van der Waals surface area contributed by atoms with Gasteiger partial charge in [0, 0.05) is 36.5 Å². The zero-order valence-corrected chi connectivity index (χ0v) is 12.8. The Morgan fingerprint density at radius 3 is 3.05 bits per heavy atom. The molecule has 0 unspecified atom stereocenters. The Kier molecular flexibility index (Phi) is 4.24. The first-order valence-electron chi connectivity index (χ1n) is 7.60. The summed E-state index contributed by atoms with van der Waals surface area (Å²) in [5.74, 6) is 1.05. The number of aromatic nitrogens is 1. The van der Waals surface area contributed by atoms with Crippen molar-refractivity contribution in [2.75, 3.05) is 6.61 Å². The molecule has 1 aliphatic rings. The highest BCUT2D eigenvalue weighted by atomic mass is 16.5. The van der Waals surface area contributed by atoms with E-state index in [1.165, 1.54) is 0 Å². The van der Waals surface area contributed by atoms with Gasteiger partial charge in [-0.15, -0.1) is 0 Å². The first-order chi connectivity index (χ1) is 10.7. The Balaban J connectivity index is 1.74. The average molecular weight is 300 g/mol. The van der Waals surface area contributed by atoms with Crippen LogP contribution < -0.4 is 5.32 Å². The van der Waals surface area contributed by atoms with Gasteiger partial charge >= 0.3 is 0 Å². The summed E-state index contributed by atoms with van der Waals surface area (Å²) in [4.78, 5) is 16.6. The summed E-state index contributed by atoms with van der Waals surface area (Å²) in [5, 5.41) is 3.04. The van der Waals surface area contributed by atoms with Crippen molar-refractivity contribution in [2.24, 2.45) is 0 Å². The fourth-order valence-corrected chi connectivity index (χ4v) is 2.79. The molecule has 0 bridgehead atoms. The van der Waals surface area contributed by atoms with E-state index in [9.17, 15) is 4.79 Å². The van der Waals surface area contributed by atoms with Crippen molar-refractivity contribution in [3.63, 3.8) is 0 Å². The molecular formula is C17H20N2O3. The number of carbonyl (C=O) groups excluding carboxylic acids is 1. The van der Waals surface area contributed by atoms with Gasteiger partial charge in [0.25, 0.3) is 5.91 Å². The molecule has 0 radical (unpaired) electrons. The number of rotatable bonds is 4. The minimum absolute atomic E-state index is 0.0636. The maximum atomic E-state index is 12.5. The number of carbonyl (C=O) groups is 1. The molecule has 1 N–H and O–H groups in total. The van der Waals surface area contributed by atoms with Gasteiger partial charge < -0.3 is 14.5 Å². The lowest BCUT2D eigenvalue weighted by Crippen LogP contribution is -2.36. The monoisotopic (exact) mass is 300 g/mol. The molecule has 1 amide bonds. The number of hydrogen-bond acceptors (Lipinski definition) is 4. The van der Waals surface area contributed by atoms with E-state index in [1.54, 1.807) is 12.4 Å². The molecule has 0 aliphatic carbocycles.